The Morgan fingerprint density at radius 1 is 1.50 bits per heavy atom. The van der Waals surface area contributed by atoms with E-state index >= 15 is 0 Å². The molecule has 0 spiro atoms. The lowest BCUT2D eigenvalue weighted by Gasteiger charge is -2.38. The zero-order chi connectivity index (χ0) is 14.8. The Balaban J connectivity index is 2.20. The minimum atomic E-state index is -3.40. The normalized spacial score (nSPS) is 24.9. The topological polar surface area (TPSA) is 58.6 Å². The standard InChI is InChI=1S/C13H22N2O3S2/c1-13(18-3)7-4-8-15(10-13)20(16,17)12-6-5-11(19-12)9-14-2/h5-6,14H,4,7-10H2,1-3H3. The van der Waals surface area contributed by atoms with Gasteiger partial charge in [0.1, 0.15) is 4.21 Å². The van der Waals surface area contributed by atoms with Crippen molar-refractivity contribution in [1.82, 2.24) is 9.62 Å². The first-order chi connectivity index (χ1) is 9.41. The van der Waals surface area contributed by atoms with Crippen LogP contribution in [0, 0.1) is 0 Å². The van der Waals surface area contributed by atoms with Gasteiger partial charge in [-0.3, -0.25) is 0 Å². The molecule has 1 unspecified atom stereocenters. The number of rotatable bonds is 5. The van der Waals surface area contributed by atoms with Gasteiger partial charge in [-0.2, -0.15) is 4.31 Å². The summed E-state index contributed by atoms with van der Waals surface area (Å²) in [5, 5.41) is 3.03. The minimum absolute atomic E-state index is 0.379. The fourth-order valence-electron chi connectivity index (χ4n) is 2.43. The number of piperidine rings is 1. The second-order valence-electron chi connectivity index (χ2n) is 5.35. The summed E-state index contributed by atoms with van der Waals surface area (Å²) in [7, 11) is 0.0983. The van der Waals surface area contributed by atoms with Gasteiger partial charge in [0.15, 0.2) is 0 Å². The highest BCUT2D eigenvalue weighted by Crippen LogP contribution is 2.31. The molecule has 114 valence electrons. The second-order valence-corrected chi connectivity index (χ2v) is 8.68. The molecule has 1 aromatic heterocycles. The molecule has 0 aliphatic carbocycles. The molecule has 1 saturated heterocycles. The van der Waals surface area contributed by atoms with Crippen LogP contribution in [0.25, 0.3) is 0 Å². The zero-order valence-electron chi connectivity index (χ0n) is 12.2. The summed E-state index contributed by atoms with van der Waals surface area (Å²) in [5.74, 6) is 0. The average Bonchev–Trinajstić information content (AvgIpc) is 2.89. The van der Waals surface area contributed by atoms with Crippen molar-refractivity contribution in [2.45, 2.75) is 36.1 Å². The first-order valence-electron chi connectivity index (χ1n) is 6.70. The van der Waals surface area contributed by atoms with E-state index in [-0.39, 0.29) is 5.60 Å². The first kappa shape index (κ1) is 15.9. The third-order valence-electron chi connectivity index (χ3n) is 3.70. The predicted octanol–water partition coefficient (Wildman–Crippen LogP) is 1.66. The maximum atomic E-state index is 12.7. The molecular formula is C13H22N2O3S2. The molecule has 1 aliphatic heterocycles. The van der Waals surface area contributed by atoms with Crippen LogP contribution in [0.3, 0.4) is 0 Å². The van der Waals surface area contributed by atoms with E-state index in [0.717, 1.165) is 17.7 Å². The molecular weight excluding hydrogens is 296 g/mol. The van der Waals surface area contributed by atoms with Crippen LogP contribution in [0.15, 0.2) is 16.3 Å². The zero-order valence-corrected chi connectivity index (χ0v) is 13.8. The van der Waals surface area contributed by atoms with Gasteiger partial charge in [-0.15, -0.1) is 11.3 Å². The first-order valence-corrected chi connectivity index (χ1v) is 8.95. The van der Waals surface area contributed by atoms with Crippen LogP contribution in [0.1, 0.15) is 24.6 Å². The van der Waals surface area contributed by atoms with Crippen LogP contribution in [-0.4, -0.2) is 45.6 Å². The van der Waals surface area contributed by atoms with Crippen molar-refractivity contribution in [3.8, 4) is 0 Å². The largest absolute Gasteiger partial charge is 0.377 e. The summed E-state index contributed by atoms with van der Waals surface area (Å²) in [6, 6.07) is 3.57. The molecule has 20 heavy (non-hydrogen) atoms. The SMILES string of the molecule is CNCc1ccc(S(=O)(=O)N2CCCC(C)(OC)C2)s1. The minimum Gasteiger partial charge on any atom is -0.377 e. The molecule has 0 radical (unpaired) electrons. The number of thiophene rings is 1. The molecule has 5 nitrogen and oxygen atoms in total. The Bertz CT molecular complexity index is 556. The summed E-state index contributed by atoms with van der Waals surface area (Å²) in [6.45, 7) is 3.65. The highest BCUT2D eigenvalue weighted by atomic mass is 32.2. The van der Waals surface area contributed by atoms with Crippen molar-refractivity contribution in [3.63, 3.8) is 0 Å². The molecule has 1 aliphatic rings. The summed E-state index contributed by atoms with van der Waals surface area (Å²) in [6.07, 6.45) is 1.73. The van der Waals surface area contributed by atoms with Gasteiger partial charge in [0.25, 0.3) is 10.0 Å². The molecule has 7 heteroatoms. The summed E-state index contributed by atoms with van der Waals surface area (Å²) < 4.78 is 32.8. The van der Waals surface area contributed by atoms with Gasteiger partial charge in [0.2, 0.25) is 0 Å². The van der Waals surface area contributed by atoms with E-state index in [4.69, 9.17) is 4.74 Å². The molecule has 2 heterocycles. The smallest absolute Gasteiger partial charge is 0.252 e. The van der Waals surface area contributed by atoms with Crippen LogP contribution in [0.2, 0.25) is 0 Å². The van der Waals surface area contributed by atoms with Crippen molar-refractivity contribution in [2.24, 2.45) is 0 Å². The fourth-order valence-corrected chi connectivity index (χ4v) is 5.54. The van der Waals surface area contributed by atoms with Crippen molar-refractivity contribution in [1.29, 1.82) is 0 Å². The maximum absolute atomic E-state index is 12.7. The average molecular weight is 318 g/mol. The summed E-state index contributed by atoms with van der Waals surface area (Å²) >= 11 is 1.33. The van der Waals surface area contributed by atoms with E-state index in [1.807, 2.05) is 20.0 Å². The predicted molar refractivity (Wildman–Crippen MR) is 80.5 cm³/mol. The van der Waals surface area contributed by atoms with Crippen LogP contribution in [0.4, 0.5) is 0 Å². The van der Waals surface area contributed by atoms with Gasteiger partial charge in [0, 0.05) is 31.6 Å². The number of hydrogen-bond acceptors (Lipinski definition) is 5. The molecule has 0 aromatic carbocycles. The number of ether oxygens (including phenoxy) is 1. The molecule has 0 bridgehead atoms. The van der Waals surface area contributed by atoms with Crippen LogP contribution in [-0.2, 0) is 21.3 Å². The molecule has 0 amide bonds. The monoisotopic (exact) mass is 318 g/mol. The Hall–Kier alpha value is -0.470. The Morgan fingerprint density at radius 3 is 2.90 bits per heavy atom. The molecule has 2 rings (SSSR count). The number of hydrogen-bond donors (Lipinski definition) is 1. The summed E-state index contributed by atoms with van der Waals surface area (Å²) in [5.41, 5.74) is -0.379. The highest BCUT2D eigenvalue weighted by Gasteiger charge is 2.37. The van der Waals surface area contributed by atoms with Crippen molar-refractivity contribution < 1.29 is 13.2 Å². The van der Waals surface area contributed by atoms with Gasteiger partial charge in [0.05, 0.1) is 5.60 Å². The third-order valence-corrected chi connectivity index (χ3v) is 7.10. The molecule has 0 saturated carbocycles. The summed E-state index contributed by atoms with van der Waals surface area (Å²) in [4.78, 5) is 1.03. The second kappa shape index (κ2) is 6.11. The van der Waals surface area contributed by atoms with Crippen molar-refractivity contribution in [3.05, 3.63) is 17.0 Å². The molecule has 1 fully saturated rings. The Morgan fingerprint density at radius 2 is 2.25 bits per heavy atom. The molecule has 1 atom stereocenters. The van der Waals surface area contributed by atoms with Crippen molar-refractivity contribution >= 4 is 21.4 Å². The van der Waals surface area contributed by atoms with E-state index in [1.54, 1.807) is 17.5 Å². The number of methoxy groups -OCH3 is 1. The van der Waals surface area contributed by atoms with Gasteiger partial charge in [-0.05, 0) is 38.9 Å². The van der Waals surface area contributed by atoms with Gasteiger partial charge >= 0.3 is 0 Å². The van der Waals surface area contributed by atoms with Gasteiger partial charge < -0.3 is 10.1 Å². The lowest BCUT2D eigenvalue weighted by Crippen LogP contribution is -2.49. The van der Waals surface area contributed by atoms with Crippen LogP contribution >= 0.6 is 11.3 Å². The lowest BCUT2D eigenvalue weighted by molar-refractivity contribution is -0.0319. The maximum Gasteiger partial charge on any atom is 0.252 e. The lowest BCUT2D eigenvalue weighted by atomic mass is 9.96. The van der Waals surface area contributed by atoms with E-state index in [9.17, 15) is 8.42 Å². The quantitative estimate of drug-likeness (QED) is 0.897. The fraction of sp³-hybridized carbons (Fsp3) is 0.692. The van der Waals surface area contributed by atoms with Crippen LogP contribution in [0.5, 0.6) is 0 Å². The van der Waals surface area contributed by atoms with E-state index in [2.05, 4.69) is 5.32 Å². The number of sulfonamides is 1. The number of nitrogens with zero attached hydrogens (tertiary/aromatic N) is 1. The highest BCUT2D eigenvalue weighted by molar-refractivity contribution is 7.91. The number of nitrogens with one attached hydrogen (secondary N) is 1. The van der Waals surface area contributed by atoms with E-state index in [0.29, 0.717) is 23.8 Å². The van der Waals surface area contributed by atoms with E-state index < -0.39 is 10.0 Å². The Kier molecular flexibility index (Phi) is 4.86. The van der Waals surface area contributed by atoms with E-state index in [1.165, 1.54) is 11.3 Å². The van der Waals surface area contributed by atoms with Crippen molar-refractivity contribution in [2.75, 3.05) is 27.2 Å². The third kappa shape index (κ3) is 3.23. The van der Waals surface area contributed by atoms with Crippen LogP contribution < -0.4 is 5.32 Å². The van der Waals surface area contributed by atoms with Gasteiger partial charge in [-0.1, -0.05) is 0 Å². The molecule has 1 aromatic rings. The molecule has 1 N–H and O–H groups in total. The Labute approximate surface area is 125 Å². The van der Waals surface area contributed by atoms with Gasteiger partial charge in [-0.25, -0.2) is 8.42 Å².